The van der Waals surface area contributed by atoms with Crippen LogP contribution in [-0.2, 0) is 95.0 Å². The number of anilines is 1. The van der Waals surface area contributed by atoms with Gasteiger partial charge < -0.3 is 34.3 Å². The Labute approximate surface area is 509 Å². The van der Waals surface area contributed by atoms with E-state index in [-0.39, 0.29) is 43.1 Å². The number of aromatic nitrogens is 4. The zero-order chi connectivity index (χ0) is 65.5. The normalized spacial score (nSPS) is 16.4. The van der Waals surface area contributed by atoms with E-state index in [1.807, 2.05) is 0 Å². The first-order valence-corrected chi connectivity index (χ1v) is 31.9. The molecular weight excluding hydrogens is 1250 g/mol. The van der Waals surface area contributed by atoms with Crippen LogP contribution < -0.4 is 5.32 Å². The number of nitrogens with one attached hydrogen (secondary N) is 1. The summed E-state index contributed by atoms with van der Waals surface area (Å²) in [5.41, 5.74) is 6.47. The summed E-state index contributed by atoms with van der Waals surface area (Å²) in [4.78, 5) is 37.0. The molecule has 0 atom stereocenters. The third kappa shape index (κ3) is 12.2. The van der Waals surface area contributed by atoms with E-state index in [4.69, 9.17) is 0 Å². The molecule has 7 heterocycles. The number of aryl methyl sites for hydroxylation is 1. The van der Waals surface area contributed by atoms with Gasteiger partial charge >= 0.3 is 17.9 Å². The number of alkyl halides is 4. The van der Waals surface area contributed by atoms with Crippen LogP contribution in [0.4, 0.5) is 36.4 Å². The molecule has 0 fully saturated rings. The van der Waals surface area contributed by atoms with Crippen molar-refractivity contribution in [2.45, 2.75) is 99.5 Å². The summed E-state index contributed by atoms with van der Waals surface area (Å²) < 4.78 is 182. The van der Waals surface area contributed by atoms with Gasteiger partial charge in [0.25, 0.3) is 21.9 Å². The van der Waals surface area contributed by atoms with Gasteiger partial charge in [0, 0.05) is 87.4 Å². The molecule has 19 nitrogen and oxygen atoms in total. The van der Waals surface area contributed by atoms with E-state index in [2.05, 4.69) is 14.7 Å². The SMILES string of the molecule is Cc1c(Cc2ccc3c(c2)NC=NS3(=O)=O)c2cc(F)ccc2n1CC(=O)O.Cc1c(Cc2ccc3c(n2)C(F)(F)CCS3(=O)=O)c2cc(F)ccc2n1CC(=O)O.Cc1cc2c(cc1Cc1c(C)n(CC(=O)O)c3ccc(F)cc13)C(F)(F)CN(C)S2(=O)=O. The number of pyridine rings is 1. The zero-order valence-corrected chi connectivity index (χ0v) is 50.7. The number of fused-ring (bicyclic) bond motifs is 6. The Balaban J connectivity index is 0.000000149. The second-order valence-corrected chi connectivity index (χ2v) is 27.7. The first-order chi connectivity index (χ1) is 42.1. The third-order valence-corrected chi connectivity index (χ3v) is 21.1. The number of sulfone groups is 1. The number of sulfonamides is 2. The van der Waals surface area contributed by atoms with E-state index in [1.54, 1.807) is 50.5 Å². The molecule has 0 amide bonds. The van der Waals surface area contributed by atoms with E-state index < -0.39 is 117 Å². The number of hydrogen-bond acceptors (Lipinski definition) is 11. The quantitative estimate of drug-likeness (QED) is 0.0829. The van der Waals surface area contributed by atoms with Gasteiger partial charge in [-0.25, -0.2) is 35.0 Å². The highest BCUT2D eigenvalue weighted by atomic mass is 32.2. The number of benzene rings is 5. The summed E-state index contributed by atoms with van der Waals surface area (Å²) in [7, 11) is -10.4. The number of rotatable bonds is 12. The molecule has 5 aromatic carbocycles. The summed E-state index contributed by atoms with van der Waals surface area (Å²) in [5, 5.41) is 32.1. The van der Waals surface area contributed by atoms with Gasteiger partial charge in [0.15, 0.2) is 9.84 Å². The van der Waals surface area contributed by atoms with Crippen molar-refractivity contribution in [3.05, 3.63) is 182 Å². The Hall–Kier alpha value is -8.93. The lowest BCUT2D eigenvalue weighted by Gasteiger charge is -2.32. The highest BCUT2D eigenvalue weighted by Crippen LogP contribution is 2.44. The maximum absolute atomic E-state index is 14.7. The van der Waals surface area contributed by atoms with E-state index >= 15 is 0 Å². The molecule has 4 aromatic heterocycles. The number of carboxylic acids is 3. The molecule has 12 rings (SSSR count). The lowest BCUT2D eigenvalue weighted by atomic mass is 9.94. The molecule has 9 aromatic rings. The molecule has 29 heteroatoms. The smallest absolute Gasteiger partial charge is 0.323 e. The van der Waals surface area contributed by atoms with Crippen molar-refractivity contribution < 1.29 is 85.7 Å². The molecule has 0 spiro atoms. The molecule has 0 bridgehead atoms. The van der Waals surface area contributed by atoms with Crippen LogP contribution in [0.5, 0.6) is 0 Å². The molecule has 0 aliphatic carbocycles. The van der Waals surface area contributed by atoms with Gasteiger partial charge in [0.2, 0.25) is 10.0 Å². The highest BCUT2D eigenvalue weighted by molar-refractivity contribution is 7.91. The van der Waals surface area contributed by atoms with Crippen molar-refractivity contribution in [2.75, 3.05) is 24.7 Å². The van der Waals surface area contributed by atoms with Gasteiger partial charge in [-0.05, 0) is 158 Å². The van der Waals surface area contributed by atoms with E-state index in [1.165, 1.54) is 81.9 Å². The van der Waals surface area contributed by atoms with Crippen LogP contribution in [0.25, 0.3) is 32.7 Å². The zero-order valence-electron chi connectivity index (χ0n) is 48.2. The van der Waals surface area contributed by atoms with E-state index in [0.717, 1.165) is 36.3 Å². The molecule has 3 aliphatic rings. The molecule has 90 heavy (non-hydrogen) atoms. The van der Waals surface area contributed by atoms with Crippen LogP contribution >= 0.6 is 0 Å². The Morgan fingerprint density at radius 2 is 1.06 bits per heavy atom. The predicted octanol–water partition coefficient (Wildman–Crippen LogP) is 10.1. The van der Waals surface area contributed by atoms with Crippen LogP contribution in [0, 0.1) is 45.1 Å². The average Bonchev–Trinajstić information content (AvgIpc) is 1.11. The van der Waals surface area contributed by atoms with Crippen LogP contribution in [0.2, 0.25) is 0 Å². The number of hydrogen-bond donors (Lipinski definition) is 4. The Kier molecular flexibility index (Phi) is 16.7. The van der Waals surface area contributed by atoms with Gasteiger partial charge in [-0.3, -0.25) is 14.4 Å². The summed E-state index contributed by atoms with van der Waals surface area (Å²) in [6.45, 7) is 4.92. The highest BCUT2D eigenvalue weighted by Gasteiger charge is 2.47. The Bertz CT molecular complexity index is 4910. The minimum Gasteiger partial charge on any atom is -0.480 e. The second-order valence-electron chi connectivity index (χ2n) is 22.0. The molecule has 4 N–H and O–H groups in total. The van der Waals surface area contributed by atoms with E-state index in [9.17, 15) is 85.7 Å². The standard InChI is InChI=1S/C22H21F3N2O4S.C20H17F3N2O4S.C19H16FN3O4S/c1-12-6-20-18(22(24,25)11-26(3)32(20,30)31)8-14(12)7-16-13(2)27(10-21(28)29)19-5-4-15(23)9-17(16)19;1-11-14(15-8-12(21)2-4-16(15)25(11)10-18(26)27)9-13-3-5-17-19(24-13)20(22,23)6-7-30(17,28)29;1-11-14(15-8-13(20)3-4-17(15)23(11)9-19(24)25)6-12-2-5-18-16(7-12)21-10-22-28(18,26)27/h4-6,8-9H,7,10-11H2,1-3H3,(H,28,29);2-5,8H,6-7,9-10H2,1H3,(H,26,27);2-5,7-8,10H,6,9H2,1H3,(H,21,22)(H,24,25). The predicted molar refractivity (Wildman–Crippen MR) is 317 cm³/mol. The number of carboxylic acid groups (broad SMARTS) is 3. The summed E-state index contributed by atoms with van der Waals surface area (Å²) in [6, 6.07) is 22.0. The maximum Gasteiger partial charge on any atom is 0.323 e. The number of halogens is 7. The number of aliphatic carboxylic acids is 3. The minimum atomic E-state index is -4.03. The number of carbonyl (C=O) groups is 3. The minimum absolute atomic E-state index is 0.0157. The molecule has 0 unspecified atom stereocenters. The second kappa shape index (κ2) is 23.5. The van der Waals surface area contributed by atoms with Crippen molar-refractivity contribution in [1.82, 2.24) is 23.0 Å². The Morgan fingerprint density at radius 1 is 0.578 bits per heavy atom. The first-order valence-electron chi connectivity index (χ1n) is 27.3. The van der Waals surface area contributed by atoms with Gasteiger partial charge in [-0.1, -0.05) is 6.07 Å². The summed E-state index contributed by atoms with van der Waals surface area (Å²) in [6.07, 6.45) is 0.817. The third-order valence-electron chi connectivity index (χ3n) is 16.2. The maximum atomic E-state index is 14.7. The van der Waals surface area contributed by atoms with Gasteiger partial charge in [-0.2, -0.15) is 30.3 Å². The first kappa shape index (κ1) is 64.1. The van der Waals surface area contributed by atoms with Crippen molar-refractivity contribution in [1.29, 1.82) is 0 Å². The lowest BCUT2D eigenvalue weighted by molar-refractivity contribution is -0.138. The van der Waals surface area contributed by atoms with Gasteiger partial charge in [0.1, 0.15) is 54.0 Å². The molecule has 3 aliphatic heterocycles. The topological polar surface area (TPSA) is 270 Å². The molecular formula is C61H54F7N7O12S3. The van der Waals surface area contributed by atoms with E-state index in [0.29, 0.717) is 82.8 Å². The monoisotopic (exact) mass is 1310 g/mol. The Morgan fingerprint density at radius 3 is 1.56 bits per heavy atom. The van der Waals surface area contributed by atoms with Gasteiger partial charge in [0.05, 0.1) is 27.8 Å². The van der Waals surface area contributed by atoms with Crippen molar-refractivity contribution in [3.63, 3.8) is 0 Å². The van der Waals surface area contributed by atoms with Crippen molar-refractivity contribution in [2.24, 2.45) is 4.40 Å². The molecule has 0 saturated carbocycles. The van der Waals surface area contributed by atoms with Crippen molar-refractivity contribution >= 4 is 92.5 Å². The van der Waals surface area contributed by atoms with Crippen LogP contribution in [0.3, 0.4) is 0 Å². The van der Waals surface area contributed by atoms with Crippen LogP contribution in [0.15, 0.2) is 116 Å². The average molecular weight is 1310 g/mol. The summed E-state index contributed by atoms with van der Waals surface area (Å²) in [5.74, 6) is -11.9. The largest absolute Gasteiger partial charge is 0.480 e. The van der Waals surface area contributed by atoms with Crippen LogP contribution in [0.1, 0.15) is 73.8 Å². The molecule has 472 valence electrons. The fourth-order valence-corrected chi connectivity index (χ4v) is 15.6. The number of nitrogens with zero attached hydrogens (tertiary/aromatic N) is 6. The summed E-state index contributed by atoms with van der Waals surface area (Å²) >= 11 is 0. The molecule has 0 saturated heterocycles. The fraction of sp³-hybridized carbons (Fsp3) is 0.262. The van der Waals surface area contributed by atoms with Crippen molar-refractivity contribution in [3.8, 4) is 0 Å². The lowest BCUT2D eigenvalue weighted by Crippen LogP contribution is -2.43. The molecule has 0 radical (unpaired) electrons. The van der Waals surface area contributed by atoms with Gasteiger partial charge in [-0.15, -0.1) is 4.40 Å². The number of likely N-dealkylation sites (N-methyl/N-ethyl adjacent to an activating group) is 1. The van der Waals surface area contributed by atoms with Crippen LogP contribution in [-0.4, -0.2) is 107 Å². The fourth-order valence-electron chi connectivity index (χ4n) is 11.7.